The molecular formula is C27H35N3O3. The van der Waals surface area contributed by atoms with Crippen molar-refractivity contribution in [2.75, 3.05) is 19.7 Å². The van der Waals surface area contributed by atoms with Crippen LogP contribution in [0.2, 0.25) is 0 Å². The molecule has 2 aromatic carbocycles. The smallest absolute Gasteiger partial charge is 0.240 e. The Hall–Kier alpha value is -2.54. The standard InChI is InChI=1S/C27H35N3O3/c1-26(2,28)25(32)30-23(18-33-17-19-8-4-3-5-9-19)24(31)22-16-20-10-6-7-11-21(20)27(22)12-14-29-15-13-27/h3-11,22-23,29H,12-18,28H2,1-2H3,(H,30,32)/t22?,23-/m1/s1. The molecule has 0 saturated carbocycles. The van der Waals surface area contributed by atoms with Crippen LogP contribution in [0.5, 0.6) is 0 Å². The van der Waals surface area contributed by atoms with Gasteiger partial charge in [0.2, 0.25) is 5.91 Å². The van der Waals surface area contributed by atoms with E-state index in [2.05, 4.69) is 28.8 Å². The zero-order chi connectivity index (χ0) is 23.5. The molecule has 2 aliphatic rings. The van der Waals surface area contributed by atoms with E-state index in [0.29, 0.717) is 13.0 Å². The highest BCUT2D eigenvalue weighted by molar-refractivity contribution is 5.95. The van der Waals surface area contributed by atoms with Crippen LogP contribution in [0.3, 0.4) is 0 Å². The van der Waals surface area contributed by atoms with Crippen LogP contribution in [0.25, 0.3) is 0 Å². The molecule has 176 valence electrons. The Kier molecular flexibility index (Phi) is 6.98. The third-order valence-corrected chi connectivity index (χ3v) is 7.11. The van der Waals surface area contributed by atoms with Gasteiger partial charge < -0.3 is 21.1 Å². The summed E-state index contributed by atoms with van der Waals surface area (Å²) >= 11 is 0. The van der Waals surface area contributed by atoms with Gasteiger partial charge in [-0.25, -0.2) is 0 Å². The predicted molar refractivity (Wildman–Crippen MR) is 129 cm³/mol. The van der Waals surface area contributed by atoms with Crippen molar-refractivity contribution in [1.82, 2.24) is 10.6 Å². The number of piperidine rings is 1. The number of amides is 1. The Labute approximate surface area is 196 Å². The van der Waals surface area contributed by atoms with Crippen molar-refractivity contribution in [3.8, 4) is 0 Å². The Bertz CT molecular complexity index is 978. The van der Waals surface area contributed by atoms with Crippen molar-refractivity contribution in [3.05, 3.63) is 71.3 Å². The first kappa shape index (κ1) is 23.6. The fraction of sp³-hybridized carbons (Fsp3) is 0.481. The van der Waals surface area contributed by atoms with E-state index in [9.17, 15) is 9.59 Å². The zero-order valence-corrected chi connectivity index (χ0v) is 19.6. The first-order chi connectivity index (χ1) is 15.8. The summed E-state index contributed by atoms with van der Waals surface area (Å²) in [7, 11) is 0. The summed E-state index contributed by atoms with van der Waals surface area (Å²) in [5, 5.41) is 6.35. The zero-order valence-electron chi connectivity index (χ0n) is 19.6. The highest BCUT2D eigenvalue weighted by Crippen LogP contribution is 2.49. The van der Waals surface area contributed by atoms with E-state index in [1.165, 1.54) is 11.1 Å². The van der Waals surface area contributed by atoms with Crippen LogP contribution in [0.15, 0.2) is 54.6 Å². The summed E-state index contributed by atoms with van der Waals surface area (Å²) < 4.78 is 5.94. The van der Waals surface area contributed by atoms with Crippen LogP contribution in [-0.2, 0) is 32.8 Å². The van der Waals surface area contributed by atoms with Crippen molar-refractivity contribution >= 4 is 11.7 Å². The molecule has 0 aromatic heterocycles. The van der Waals surface area contributed by atoms with Crippen molar-refractivity contribution in [3.63, 3.8) is 0 Å². The number of ether oxygens (including phenoxy) is 1. The average Bonchev–Trinajstić information content (AvgIpc) is 3.12. The lowest BCUT2D eigenvalue weighted by atomic mass is 9.66. The van der Waals surface area contributed by atoms with E-state index in [4.69, 9.17) is 10.5 Å². The molecule has 1 heterocycles. The molecule has 1 spiro atoms. The number of nitrogens with one attached hydrogen (secondary N) is 2. The monoisotopic (exact) mass is 449 g/mol. The lowest BCUT2D eigenvalue weighted by molar-refractivity contribution is -0.135. The molecule has 0 radical (unpaired) electrons. The third-order valence-electron chi connectivity index (χ3n) is 7.11. The molecular weight excluding hydrogens is 414 g/mol. The van der Waals surface area contributed by atoms with Crippen LogP contribution >= 0.6 is 0 Å². The van der Waals surface area contributed by atoms with Gasteiger partial charge in [0.15, 0.2) is 5.78 Å². The fourth-order valence-corrected chi connectivity index (χ4v) is 5.30. The van der Waals surface area contributed by atoms with E-state index in [0.717, 1.165) is 31.5 Å². The van der Waals surface area contributed by atoms with Crippen LogP contribution < -0.4 is 16.4 Å². The van der Waals surface area contributed by atoms with Gasteiger partial charge >= 0.3 is 0 Å². The number of ketones is 1. The Morgan fingerprint density at radius 3 is 2.48 bits per heavy atom. The van der Waals surface area contributed by atoms with Gasteiger partial charge in [0, 0.05) is 11.3 Å². The Balaban J connectivity index is 1.57. The summed E-state index contributed by atoms with van der Waals surface area (Å²) in [6.07, 6.45) is 2.52. The van der Waals surface area contributed by atoms with E-state index in [1.54, 1.807) is 13.8 Å². The molecule has 1 aliphatic heterocycles. The molecule has 0 bridgehead atoms. The lowest BCUT2D eigenvalue weighted by Crippen LogP contribution is -2.58. The van der Waals surface area contributed by atoms with Gasteiger partial charge in [-0.05, 0) is 62.9 Å². The summed E-state index contributed by atoms with van der Waals surface area (Å²) in [4.78, 5) is 26.8. The van der Waals surface area contributed by atoms with Crippen molar-refractivity contribution < 1.29 is 14.3 Å². The quantitative estimate of drug-likeness (QED) is 0.576. The summed E-state index contributed by atoms with van der Waals surface area (Å²) in [5.41, 5.74) is 8.32. The largest absolute Gasteiger partial charge is 0.374 e. The minimum absolute atomic E-state index is 0.0405. The Morgan fingerprint density at radius 1 is 1.12 bits per heavy atom. The van der Waals surface area contributed by atoms with Crippen molar-refractivity contribution in [2.24, 2.45) is 11.7 Å². The molecule has 1 unspecified atom stereocenters. The molecule has 1 saturated heterocycles. The number of carbonyl (C=O) groups excluding carboxylic acids is 2. The van der Waals surface area contributed by atoms with E-state index in [1.807, 2.05) is 36.4 Å². The SMILES string of the molecule is CC(C)(N)C(=O)N[C@H](COCc1ccccc1)C(=O)C1Cc2ccccc2C12CCNCC2. The second-order valence-electron chi connectivity index (χ2n) is 9.97. The number of hydrogen-bond acceptors (Lipinski definition) is 5. The third kappa shape index (κ3) is 5.03. The molecule has 1 aliphatic carbocycles. The van der Waals surface area contributed by atoms with Crippen LogP contribution in [0.4, 0.5) is 0 Å². The molecule has 1 fully saturated rings. The number of hydrogen-bond donors (Lipinski definition) is 3. The molecule has 1 amide bonds. The first-order valence-corrected chi connectivity index (χ1v) is 11.9. The maximum absolute atomic E-state index is 14.0. The van der Waals surface area contributed by atoms with E-state index >= 15 is 0 Å². The van der Waals surface area contributed by atoms with Gasteiger partial charge in [0.25, 0.3) is 0 Å². The van der Waals surface area contributed by atoms with Gasteiger partial charge in [-0.1, -0.05) is 54.6 Å². The molecule has 4 N–H and O–H groups in total. The highest BCUT2D eigenvalue weighted by Gasteiger charge is 2.51. The summed E-state index contributed by atoms with van der Waals surface area (Å²) in [6, 6.07) is 17.5. The van der Waals surface area contributed by atoms with Crippen LogP contribution in [0.1, 0.15) is 43.4 Å². The number of fused-ring (bicyclic) bond motifs is 2. The first-order valence-electron chi connectivity index (χ1n) is 11.9. The lowest BCUT2D eigenvalue weighted by Gasteiger charge is -2.41. The van der Waals surface area contributed by atoms with Crippen LogP contribution in [-0.4, -0.2) is 43.0 Å². The maximum atomic E-state index is 14.0. The predicted octanol–water partition coefficient (Wildman–Crippen LogP) is 2.49. The highest BCUT2D eigenvalue weighted by atomic mass is 16.5. The van der Waals surface area contributed by atoms with Gasteiger partial charge in [-0.3, -0.25) is 9.59 Å². The molecule has 6 nitrogen and oxygen atoms in total. The van der Waals surface area contributed by atoms with Gasteiger partial charge in [-0.2, -0.15) is 0 Å². The van der Waals surface area contributed by atoms with Crippen molar-refractivity contribution in [2.45, 2.75) is 56.7 Å². The average molecular weight is 450 g/mol. The normalized spacial score (nSPS) is 20.3. The number of carbonyl (C=O) groups is 2. The molecule has 33 heavy (non-hydrogen) atoms. The Morgan fingerprint density at radius 2 is 1.79 bits per heavy atom. The second-order valence-corrected chi connectivity index (χ2v) is 9.97. The molecule has 2 aromatic rings. The van der Waals surface area contributed by atoms with Crippen molar-refractivity contribution in [1.29, 1.82) is 0 Å². The minimum Gasteiger partial charge on any atom is -0.374 e. The van der Waals surface area contributed by atoms with E-state index < -0.39 is 11.6 Å². The van der Waals surface area contributed by atoms with Gasteiger partial charge in [0.1, 0.15) is 6.04 Å². The summed E-state index contributed by atoms with van der Waals surface area (Å²) in [5.74, 6) is -0.499. The molecule has 2 atom stereocenters. The number of nitrogens with two attached hydrogens (primary N) is 1. The van der Waals surface area contributed by atoms with Gasteiger partial charge in [0.05, 0.1) is 18.8 Å². The van der Waals surface area contributed by atoms with Crippen LogP contribution in [0, 0.1) is 5.92 Å². The molecule has 6 heteroatoms. The topological polar surface area (TPSA) is 93.5 Å². The second kappa shape index (κ2) is 9.75. The fourth-order valence-electron chi connectivity index (χ4n) is 5.30. The maximum Gasteiger partial charge on any atom is 0.240 e. The number of benzene rings is 2. The molecule has 4 rings (SSSR count). The minimum atomic E-state index is -1.08. The van der Waals surface area contributed by atoms with Gasteiger partial charge in [-0.15, -0.1) is 0 Å². The summed E-state index contributed by atoms with van der Waals surface area (Å²) in [6.45, 7) is 5.57. The number of rotatable bonds is 8. The van der Waals surface area contributed by atoms with E-state index in [-0.39, 0.29) is 29.6 Å². The number of Topliss-reactive ketones (excluding diaryl/α,β-unsaturated/α-hetero) is 1.